The van der Waals surface area contributed by atoms with Crippen LogP contribution in [0.1, 0.15) is 19.4 Å². The molecular weight excluding hydrogens is 440 g/mol. The molecule has 3 aromatic rings. The molecule has 0 unspecified atom stereocenters. The number of hydrogen-bond acceptors (Lipinski definition) is 6. The summed E-state index contributed by atoms with van der Waals surface area (Å²) in [6.07, 6.45) is -4.93. The summed E-state index contributed by atoms with van der Waals surface area (Å²) >= 11 is 0. The Morgan fingerprint density at radius 2 is 1.81 bits per heavy atom. The predicted octanol–water partition coefficient (Wildman–Crippen LogP) is 3.89. The molecule has 13 heteroatoms. The largest absolute Gasteiger partial charge is 0.417 e. The summed E-state index contributed by atoms with van der Waals surface area (Å²) in [4.78, 5) is 3.38. The first-order valence-electron chi connectivity index (χ1n) is 8.91. The van der Waals surface area contributed by atoms with E-state index in [1.54, 1.807) is 0 Å². The lowest BCUT2D eigenvalue weighted by molar-refractivity contribution is -0.137. The molecule has 0 amide bonds. The number of benzene rings is 2. The maximum Gasteiger partial charge on any atom is 0.417 e. The molecule has 1 heterocycles. The highest BCUT2D eigenvalue weighted by molar-refractivity contribution is 7.89. The van der Waals surface area contributed by atoms with Gasteiger partial charge in [-0.3, -0.25) is 0 Å². The molecule has 168 valence electrons. The maximum absolute atomic E-state index is 14.8. The van der Waals surface area contributed by atoms with E-state index in [9.17, 15) is 26.0 Å². The predicted molar refractivity (Wildman–Crippen MR) is 109 cm³/mol. The normalized spacial score (nSPS) is 11.6. The van der Waals surface area contributed by atoms with Crippen molar-refractivity contribution in [3.05, 3.63) is 47.8 Å². The fourth-order valence-electron chi connectivity index (χ4n) is 2.59. The van der Waals surface area contributed by atoms with E-state index in [0.717, 1.165) is 19.2 Å². The Morgan fingerprint density at radius 1 is 1.13 bits per heavy atom. The van der Waals surface area contributed by atoms with Gasteiger partial charge in [-0.15, -0.1) is 5.10 Å². The second-order valence-electron chi connectivity index (χ2n) is 5.78. The van der Waals surface area contributed by atoms with E-state index in [-0.39, 0.29) is 28.0 Å². The summed E-state index contributed by atoms with van der Waals surface area (Å²) in [7, 11) is -2.78. The summed E-state index contributed by atoms with van der Waals surface area (Å²) < 4.78 is 81.7. The van der Waals surface area contributed by atoms with Gasteiger partial charge in [-0.05, 0) is 36.9 Å². The van der Waals surface area contributed by atoms with Crippen molar-refractivity contribution in [2.24, 2.45) is 0 Å². The molecule has 5 N–H and O–H groups in total. The van der Waals surface area contributed by atoms with Crippen LogP contribution in [0.2, 0.25) is 0 Å². The van der Waals surface area contributed by atoms with Crippen LogP contribution < -0.4 is 15.8 Å². The van der Waals surface area contributed by atoms with Crippen molar-refractivity contribution >= 4 is 27.6 Å². The fraction of sp³-hybridized carbons (Fsp3) is 0.222. The van der Waals surface area contributed by atoms with Crippen molar-refractivity contribution in [1.82, 2.24) is 19.9 Å². The molecule has 0 bridgehead atoms. The Balaban J connectivity index is 0.00000166. The van der Waals surface area contributed by atoms with Crippen LogP contribution in [0.15, 0.2) is 41.3 Å². The number of hydrogen-bond donors (Lipinski definition) is 4. The topological polar surface area (TPSA) is 126 Å². The number of aromatic amines is 1. The van der Waals surface area contributed by atoms with E-state index < -0.39 is 33.1 Å². The minimum Gasteiger partial charge on any atom is -0.368 e. The van der Waals surface area contributed by atoms with E-state index in [4.69, 9.17) is 5.73 Å². The van der Waals surface area contributed by atoms with Gasteiger partial charge < -0.3 is 11.1 Å². The third-order valence-corrected chi connectivity index (χ3v) is 5.27. The average Bonchev–Trinajstić information content (AvgIpc) is 3.13. The van der Waals surface area contributed by atoms with Crippen LogP contribution >= 0.6 is 0 Å². The highest BCUT2D eigenvalue weighted by Gasteiger charge is 2.36. The van der Waals surface area contributed by atoms with Gasteiger partial charge in [-0.25, -0.2) is 22.6 Å². The number of nitrogen functional groups attached to an aromatic ring is 1. The minimum atomic E-state index is -4.93. The third-order valence-electron chi connectivity index (χ3n) is 3.86. The second kappa shape index (κ2) is 9.31. The smallest absolute Gasteiger partial charge is 0.368 e. The zero-order valence-electron chi connectivity index (χ0n) is 16.7. The van der Waals surface area contributed by atoms with Crippen molar-refractivity contribution in [1.29, 1.82) is 0 Å². The number of halogens is 4. The molecule has 0 radical (unpaired) electrons. The SMILES string of the molecule is CC.CNS(=O)(=O)c1cccc(-c2c(F)cc(Nc3n[nH]c(N)n3)cc2C(F)(F)F)c1. The van der Waals surface area contributed by atoms with Crippen molar-refractivity contribution in [2.45, 2.75) is 24.9 Å². The summed E-state index contributed by atoms with van der Waals surface area (Å²) in [5, 5.41) is 8.32. The molecule has 0 spiro atoms. The number of alkyl halides is 3. The van der Waals surface area contributed by atoms with Gasteiger partial charge in [0.25, 0.3) is 0 Å². The van der Waals surface area contributed by atoms with Crippen molar-refractivity contribution < 1.29 is 26.0 Å². The van der Waals surface area contributed by atoms with E-state index >= 15 is 0 Å². The lowest BCUT2D eigenvalue weighted by atomic mass is 9.98. The molecule has 1 aromatic heterocycles. The van der Waals surface area contributed by atoms with E-state index in [1.807, 2.05) is 13.8 Å². The Bertz CT molecular complexity index is 1160. The summed E-state index contributed by atoms with van der Waals surface area (Å²) in [6.45, 7) is 4.00. The standard InChI is InChI=1S/C16H14F4N6O2S.C2H6/c1-22-29(27,28)10-4-2-3-8(5-10)13-11(16(18,19)20)6-9(7-12(13)17)23-15-24-14(21)25-26-15;1-2/h2-7,22H,1H3,(H4,21,23,24,25,26);1-2H3. The van der Waals surface area contributed by atoms with Crippen LogP contribution in [0.5, 0.6) is 0 Å². The molecule has 2 aromatic carbocycles. The first kappa shape index (κ1) is 24.1. The number of H-pyrrole nitrogens is 1. The van der Waals surface area contributed by atoms with Gasteiger partial charge in [0.15, 0.2) is 0 Å². The van der Waals surface area contributed by atoms with Gasteiger partial charge in [0.1, 0.15) is 5.82 Å². The van der Waals surface area contributed by atoms with Gasteiger partial charge in [-0.1, -0.05) is 26.0 Å². The summed E-state index contributed by atoms with van der Waals surface area (Å²) in [5.74, 6) is -1.45. The van der Waals surface area contributed by atoms with Crippen LogP contribution in [0, 0.1) is 5.82 Å². The minimum absolute atomic E-state index is 0.0804. The second-order valence-corrected chi connectivity index (χ2v) is 7.67. The van der Waals surface area contributed by atoms with Gasteiger partial charge in [0.2, 0.25) is 21.9 Å². The molecule has 0 atom stereocenters. The molecule has 0 aliphatic carbocycles. The molecule has 0 saturated heterocycles. The quantitative estimate of drug-likeness (QED) is 0.428. The third kappa shape index (κ3) is 5.49. The highest BCUT2D eigenvalue weighted by atomic mass is 32.2. The first-order chi connectivity index (χ1) is 14.5. The van der Waals surface area contributed by atoms with Crippen LogP contribution in [0.25, 0.3) is 11.1 Å². The molecule has 0 fully saturated rings. The molecule has 8 nitrogen and oxygen atoms in total. The highest BCUT2D eigenvalue weighted by Crippen LogP contribution is 2.41. The first-order valence-corrected chi connectivity index (χ1v) is 10.4. The van der Waals surface area contributed by atoms with Gasteiger partial charge >= 0.3 is 6.18 Å². The van der Waals surface area contributed by atoms with Crippen LogP contribution in [0.3, 0.4) is 0 Å². The van der Waals surface area contributed by atoms with Crippen LogP contribution in [-0.2, 0) is 16.2 Å². The number of anilines is 3. The Hall–Kier alpha value is -3.19. The molecule has 0 aliphatic heterocycles. The Morgan fingerprint density at radius 3 is 2.35 bits per heavy atom. The number of nitrogens with one attached hydrogen (secondary N) is 3. The van der Waals surface area contributed by atoms with E-state index in [0.29, 0.717) is 6.07 Å². The van der Waals surface area contributed by atoms with Crippen molar-refractivity contribution in [3.8, 4) is 11.1 Å². The van der Waals surface area contributed by atoms with Crippen LogP contribution in [-0.4, -0.2) is 30.6 Å². The summed E-state index contributed by atoms with van der Waals surface area (Å²) in [6, 6.07) is 6.04. The lowest BCUT2D eigenvalue weighted by Crippen LogP contribution is -2.18. The Labute approximate surface area is 175 Å². The zero-order valence-corrected chi connectivity index (χ0v) is 17.5. The van der Waals surface area contributed by atoms with Gasteiger partial charge in [0.05, 0.1) is 10.5 Å². The monoisotopic (exact) mass is 460 g/mol. The molecule has 3 rings (SSSR count). The van der Waals surface area contributed by atoms with Gasteiger partial charge in [0, 0.05) is 11.3 Å². The number of sulfonamides is 1. The van der Waals surface area contributed by atoms with Crippen LogP contribution in [0.4, 0.5) is 35.1 Å². The molecular formula is C18H20F4N6O2S. The number of nitrogens with zero attached hydrogens (tertiary/aromatic N) is 2. The van der Waals surface area contributed by atoms with Crippen molar-refractivity contribution in [3.63, 3.8) is 0 Å². The molecule has 0 saturated carbocycles. The molecule has 0 aliphatic rings. The zero-order chi connectivity index (χ0) is 23.4. The average molecular weight is 460 g/mol. The number of nitrogens with two attached hydrogens (primary N) is 1. The maximum atomic E-state index is 14.8. The fourth-order valence-corrected chi connectivity index (χ4v) is 3.37. The van der Waals surface area contributed by atoms with E-state index in [2.05, 4.69) is 25.2 Å². The van der Waals surface area contributed by atoms with E-state index in [1.165, 1.54) is 18.2 Å². The molecule has 31 heavy (non-hydrogen) atoms. The number of aromatic nitrogens is 3. The summed E-state index contributed by atoms with van der Waals surface area (Å²) in [5.41, 5.74) is 2.74. The Kier molecular flexibility index (Phi) is 7.23. The van der Waals surface area contributed by atoms with Crippen molar-refractivity contribution in [2.75, 3.05) is 18.1 Å². The number of rotatable bonds is 5. The van der Waals surface area contributed by atoms with Gasteiger partial charge in [-0.2, -0.15) is 18.2 Å². The lowest BCUT2D eigenvalue weighted by Gasteiger charge is -2.16.